The number of hydrogen-bond acceptors (Lipinski definition) is 6. The normalized spacial score (nSPS) is 22.4. The Morgan fingerprint density at radius 1 is 1.13 bits per heavy atom. The number of rotatable bonds is 4. The van der Waals surface area contributed by atoms with Crippen LogP contribution in [0, 0.1) is 6.92 Å². The van der Waals surface area contributed by atoms with Crippen molar-refractivity contribution in [2.45, 2.75) is 38.2 Å². The van der Waals surface area contributed by atoms with Gasteiger partial charge in [0.2, 0.25) is 0 Å². The highest BCUT2D eigenvalue weighted by Crippen LogP contribution is 2.43. The molecule has 31 heavy (non-hydrogen) atoms. The highest BCUT2D eigenvalue weighted by molar-refractivity contribution is 7.09. The second-order valence-electron chi connectivity index (χ2n) is 8.11. The minimum atomic E-state index is -0.233. The van der Waals surface area contributed by atoms with Gasteiger partial charge >= 0.3 is 0 Å². The summed E-state index contributed by atoms with van der Waals surface area (Å²) in [6, 6.07) is 15.9. The van der Waals surface area contributed by atoms with Crippen molar-refractivity contribution in [3.05, 3.63) is 80.5 Å². The maximum absolute atomic E-state index is 13.2. The highest BCUT2D eigenvalue weighted by Gasteiger charge is 2.49. The first-order valence-corrected chi connectivity index (χ1v) is 11.3. The SMILES string of the molecule is Cc1ccc(-c2csc(Cn3nc(C4OC5CCOC54)c4ccccc4c3=O)n2)cc1. The van der Waals surface area contributed by atoms with Gasteiger partial charge in [-0.05, 0) is 19.4 Å². The molecule has 3 atom stereocenters. The van der Waals surface area contributed by atoms with Crippen LogP contribution in [-0.2, 0) is 16.0 Å². The number of nitrogens with zero attached hydrogens (tertiary/aromatic N) is 3. The Morgan fingerprint density at radius 2 is 1.94 bits per heavy atom. The zero-order chi connectivity index (χ0) is 20.9. The van der Waals surface area contributed by atoms with E-state index in [0.29, 0.717) is 18.5 Å². The molecule has 0 amide bonds. The second kappa shape index (κ2) is 7.37. The molecule has 2 aromatic heterocycles. The molecule has 0 N–H and O–H groups in total. The number of benzene rings is 2. The fourth-order valence-electron chi connectivity index (χ4n) is 4.36. The number of hydrogen-bond donors (Lipinski definition) is 0. The number of aryl methyl sites for hydroxylation is 1. The lowest BCUT2D eigenvalue weighted by molar-refractivity contribution is -0.203. The van der Waals surface area contributed by atoms with Gasteiger partial charge in [0.1, 0.15) is 22.9 Å². The molecule has 0 saturated carbocycles. The number of thiazole rings is 1. The predicted octanol–water partition coefficient (Wildman–Crippen LogP) is 4.11. The summed E-state index contributed by atoms with van der Waals surface area (Å²) in [6.45, 7) is 3.11. The minimum absolute atomic E-state index is 0.0230. The van der Waals surface area contributed by atoms with Crippen molar-refractivity contribution in [1.29, 1.82) is 0 Å². The molecule has 0 radical (unpaired) electrons. The van der Waals surface area contributed by atoms with Crippen molar-refractivity contribution in [3.8, 4) is 11.3 Å². The fourth-order valence-corrected chi connectivity index (χ4v) is 5.15. The van der Waals surface area contributed by atoms with E-state index in [9.17, 15) is 4.79 Å². The molecule has 0 aliphatic carbocycles. The van der Waals surface area contributed by atoms with Gasteiger partial charge < -0.3 is 9.47 Å². The topological polar surface area (TPSA) is 66.2 Å². The average Bonchev–Trinajstić information content (AvgIpc) is 3.39. The van der Waals surface area contributed by atoms with Crippen LogP contribution < -0.4 is 5.56 Å². The van der Waals surface area contributed by atoms with Crippen LogP contribution in [0.4, 0.5) is 0 Å². The number of fused-ring (bicyclic) bond motifs is 2. The first kappa shape index (κ1) is 18.9. The molecule has 6 rings (SSSR count). The van der Waals surface area contributed by atoms with E-state index in [1.807, 2.05) is 29.6 Å². The lowest BCUT2D eigenvalue weighted by Gasteiger charge is -2.39. The first-order chi connectivity index (χ1) is 15.2. The molecule has 0 bridgehead atoms. The molecule has 3 unspecified atom stereocenters. The van der Waals surface area contributed by atoms with E-state index in [0.717, 1.165) is 33.8 Å². The van der Waals surface area contributed by atoms with E-state index in [4.69, 9.17) is 19.6 Å². The van der Waals surface area contributed by atoms with Crippen LogP contribution in [0.3, 0.4) is 0 Å². The van der Waals surface area contributed by atoms with E-state index in [2.05, 4.69) is 31.2 Å². The maximum atomic E-state index is 13.2. The largest absolute Gasteiger partial charge is 0.372 e. The summed E-state index contributed by atoms with van der Waals surface area (Å²) < 4.78 is 13.4. The van der Waals surface area contributed by atoms with Crippen molar-refractivity contribution in [2.24, 2.45) is 0 Å². The van der Waals surface area contributed by atoms with Gasteiger partial charge in [-0.15, -0.1) is 11.3 Å². The Bertz CT molecular complexity index is 1330. The van der Waals surface area contributed by atoms with Crippen LogP contribution in [0.5, 0.6) is 0 Å². The molecule has 2 aromatic carbocycles. The van der Waals surface area contributed by atoms with Crippen molar-refractivity contribution in [1.82, 2.24) is 14.8 Å². The average molecular weight is 432 g/mol. The monoisotopic (exact) mass is 431 g/mol. The third kappa shape index (κ3) is 3.20. The number of aromatic nitrogens is 3. The molecule has 6 nitrogen and oxygen atoms in total. The zero-order valence-corrected chi connectivity index (χ0v) is 17.8. The Kier molecular flexibility index (Phi) is 4.49. The van der Waals surface area contributed by atoms with Crippen molar-refractivity contribution in [2.75, 3.05) is 6.61 Å². The lowest BCUT2D eigenvalue weighted by atomic mass is 9.95. The summed E-state index contributed by atoms with van der Waals surface area (Å²) in [4.78, 5) is 17.9. The van der Waals surface area contributed by atoms with Crippen LogP contribution in [0.15, 0.2) is 58.7 Å². The van der Waals surface area contributed by atoms with Gasteiger partial charge in [-0.3, -0.25) is 4.79 Å². The van der Waals surface area contributed by atoms with Gasteiger partial charge in [0.25, 0.3) is 5.56 Å². The van der Waals surface area contributed by atoms with Gasteiger partial charge in [-0.1, -0.05) is 48.0 Å². The molecule has 4 heterocycles. The van der Waals surface area contributed by atoms with Crippen LogP contribution in [0.2, 0.25) is 0 Å². The highest BCUT2D eigenvalue weighted by atomic mass is 32.1. The summed E-state index contributed by atoms with van der Waals surface area (Å²) in [5.74, 6) is 0. The summed E-state index contributed by atoms with van der Waals surface area (Å²) in [5.41, 5.74) is 3.85. The predicted molar refractivity (Wildman–Crippen MR) is 119 cm³/mol. The second-order valence-corrected chi connectivity index (χ2v) is 9.05. The van der Waals surface area contributed by atoms with Crippen molar-refractivity contribution < 1.29 is 9.47 Å². The van der Waals surface area contributed by atoms with Gasteiger partial charge in [-0.25, -0.2) is 9.67 Å². The van der Waals surface area contributed by atoms with E-state index >= 15 is 0 Å². The maximum Gasteiger partial charge on any atom is 0.275 e. The Balaban J connectivity index is 1.37. The fraction of sp³-hybridized carbons (Fsp3) is 0.292. The molecule has 2 saturated heterocycles. The van der Waals surface area contributed by atoms with Gasteiger partial charge in [-0.2, -0.15) is 5.10 Å². The number of ether oxygens (including phenoxy) is 2. The molecule has 4 aromatic rings. The van der Waals surface area contributed by atoms with E-state index in [1.165, 1.54) is 10.2 Å². The standard InChI is InChI=1S/C24H21N3O3S/c1-14-6-8-15(9-7-14)18-13-31-20(25-18)12-27-24(28)17-5-3-2-4-16(17)21(26-27)23-22-19(30-23)10-11-29-22/h2-9,13,19,22-23H,10-12H2,1H3. The molecule has 0 spiro atoms. The van der Waals surface area contributed by atoms with Crippen LogP contribution in [0.25, 0.3) is 22.0 Å². The van der Waals surface area contributed by atoms with Gasteiger partial charge in [0.05, 0.1) is 23.7 Å². The van der Waals surface area contributed by atoms with Gasteiger partial charge in [0, 0.05) is 22.9 Å². The minimum Gasteiger partial charge on any atom is -0.372 e. The Hall–Kier alpha value is -2.87. The molecular weight excluding hydrogens is 410 g/mol. The summed E-state index contributed by atoms with van der Waals surface area (Å²) in [6.07, 6.45) is 0.847. The van der Waals surface area contributed by atoms with E-state index < -0.39 is 0 Å². The van der Waals surface area contributed by atoms with E-state index in [-0.39, 0.29) is 23.9 Å². The van der Waals surface area contributed by atoms with E-state index in [1.54, 1.807) is 11.3 Å². The van der Waals surface area contributed by atoms with Crippen molar-refractivity contribution >= 4 is 22.1 Å². The van der Waals surface area contributed by atoms with Crippen LogP contribution >= 0.6 is 11.3 Å². The quantitative estimate of drug-likeness (QED) is 0.487. The van der Waals surface area contributed by atoms with Gasteiger partial charge in [0.15, 0.2) is 0 Å². The third-order valence-corrected chi connectivity index (χ3v) is 6.88. The lowest BCUT2D eigenvalue weighted by Crippen LogP contribution is -2.45. The first-order valence-electron chi connectivity index (χ1n) is 10.5. The molecule has 7 heteroatoms. The third-order valence-electron chi connectivity index (χ3n) is 6.05. The summed E-state index contributed by atoms with van der Waals surface area (Å²) in [7, 11) is 0. The van der Waals surface area contributed by atoms with Crippen molar-refractivity contribution in [3.63, 3.8) is 0 Å². The Morgan fingerprint density at radius 3 is 2.74 bits per heavy atom. The molecule has 2 aliphatic rings. The summed E-state index contributed by atoms with van der Waals surface area (Å²) in [5, 5.41) is 9.09. The van der Waals surface area contributed by atoms with Crippen LogP contribution in [-0.4, -0.2) is 33.6 Å². The molecule has 2 aliphatic heterocycles. The summed E-state index contributed by atoms with van der Waals surface area (Å²) >= 11 is 1.54. The smallest absolute Gasteiger partial charge is 0.275 e. The van der Waals surface area contributed by atoms with Crippen LogP contribution in [0.1, 0.15) is 28.8 Å². The Labute approximate surface area is 183 Å². The molecule has 2 fully saturated rings. The zero-order valence-electron chi connectivity index (χ0n) is 17.0. The molecule has 156 valence electrons. The molecular formula is C24H21N3O3S.